The first-order valence-electron chi connectivity index (χ1n) is 25.9. The van der Waals surface area contributed by atoms with Gasteiger partial charge < -0.3 is 35.6 Å². The summed E-state index contributed by atoms with van der Waals surface area (Å²) < 4.78 is 58.0. The molecule has 2 aromatic heterocycles. The lowest BCUT2D eigenvalue weighted by Crippen LogP contribution is -2.55. The number of imide groups is 2. The molecule has 0 saturated carbocycles. The zero-order chi connectivity index (χ0) is 55.1. The highest BCUT2D eigenvalue weighted by atomic mass is 19.4. The second-order valence-corrected chi connectivity index (χ2v) is 19.9. The largest absolute Gasteiger partial charge is 0.417 e. The van der Waals surface area contributed by atoms with E-state index in [-0.39, 0.29) is 83.2 Å². The summed E-state index contributed by atoms with van der Waals surface area (Å²) in [5, 5.41) is 10.9. The van der Waals surface area contributed by atoms with Crippen molar-refractivity contribution < 1.29 is 51.1 Å². The molecular weight excluding hydrogens is 1010 g/mol. The van der Waals surface area contributed by atoms with Crippen LogP contribution in [0.5, 0.6) is 0 Å². The number of benzene rings is 2. The van der Waals surface area contributed by atoms with Crippen LogP contribution in [0.25, 0.3) is 11.1 Å². The molecule has 4 aliphatic rings. The number of piperidine rings is 1. The van der Waals surface area contributed by atoms with Gasteiger partial charge in [0.05, 0.1) is 33.6 Å². The Hall–Kier alpha value is -7.76. The third kappa shape index (κ3) is 12.9. The van der Waals surface area contributed by atoms with E-state index in [2.05, 4.69) is 41.1 Å². The number of carbonyl (C=O) groups excluding carboxylic acids is 7. The summed E-state index contributed by atoms with van der Waals surface area (Å²) in [5.74, 6) is -4.07. The molecule has 3 fully saturated rings. The number of aromatic nitrogens is 3. The van der Waals surface area contributed by atoms with Crippen molar-refractivity contribution in [2.45, 2.75) is 102 Å². The molecule has 0 bridgehead atoms. The number of fused-ring (bicyclic) bond motifs is 1. The zero-order valence-electron chi connectivity index (χ0n) is 43.1. The summed E-state index contributed by atoms with van der Waals surface area (Å²) in [6.45, 7) is 7.40. The number of likely N-dealkylation sites (N-methyl/N-ethyl adjacent to an activating group) is 1. The van der Waals surface area contributed by atoms with Crippen molar-refractivity contribution >= 4 is 64.4 Å². The molecule has 20 nitrogen and oxygen atoms in total. The Bertz CT molecular complexity index is 2950. The molecule has 5 N–H and O–H groups in total. The van der Waals surface area contributed by atoms with Crippen LogP contribution in [0.4, 0.5) is 40.6 Å². The number of pyridine rings is 1. The van der Waals surface area contributed by atoms with Crippen LogP contribution < -0.4 is 36.6 Å². The smallest absolute Gasteiger partial charge is 0.384 e. The zero-order valence-corrected chi connectivity index (χ0v) is 43.1. The van der Waals surface area contributed by atoms with E-state index in [9.17, 15) is 51.5 Å². The van der Waals surface area contributed by atoms with Crippen LogP contribution >= 0.6 is 0 Å². The third-order valence-corrected chi connectivity index (χ3v) is 14.6. The number of alkyl halides is 3. The summed E-state index contributed by atoms with van der Waals surface area (Å²) in [4.78, 5) is 121. The van der Waals surface area contributed by atoms with Crippen LogP contribution in [-0.2, 0) is 25.4 Å². The Morgan fingerprint density at radius 2 is 1.47 bits per heavy atom. The number of halogens is 4. The molecule has 8 rings (SSSR count). The van der Waals surface area contributed by atoms with Gasteiger partial charge >= 0.3 is 6.18 Å². The fourth-order valence-electron chi connectivity index (χ4n) is 10.1. The lowest BCUT2D eigenvalue weighted by Gasteiger charge is -2.44. The number of H-pyrrole nitrogens is 1. The van der Waals surface area contributed by atoms with Crippen molar-refractivity contribution in [3.05, 3.63) is 93.4 Å². The van der Waals surface area contributed by atoms with Crippen molar-refractivity contribution in [2.75, 3.05) is 79.8 Å². The highest BCUT2D eigenvalue weighted by molar-refractivity contribution is 6.25. The number of anilines is 4. The van der Waals surface area contributed by atoms with Crippen LogP contribution in [0, 0.1) is 5.82 Å². The number of unbranched alkanes of at least 4 members (excludes halogenated alkanes) is 5. The normalized spacial score (nSPS) is 19.1. The fraction of sp³-hybridized carbons (Fsp3) is 0.472. The number of carbonyl (C=O) groups is 7. The molecule has 410 valence electrons. The second-order valence-electron chi connectivity index (χ2n) is 19.9. The molecule has 3 saturated heterocycles. The first kappa shape index (κ1) is 55.5. The molecule has 4 aromatic rings. The number of amides is 7. The summed E-state index contributed by atoms with van der Waals surface area (Å²) in [7, 11) is 1.96. The van der Waals surface area contributed by atoms with Crippen LogP contribution in [0.1, 0.15) is 115 Å². The maximum absolute atomic E-state index is 16.1. The van der Waals surface area contributed by atoms with Gasteiger partial charge in [-0.3, -0.25) is 53.5 Å². The summed E-state index contributed by atoms with van der Waals surface area (Å²) in [6.07, 6.45) is 4.08. The molecule has 2 aromatic carbocycles. The number of hydrogen-bond acceptors (Lipinski definition) is 14. The van der Waals surface area contributed by atoms with Gasteiger partial charge in [0.1, 0.15) is 11.9 Å². The summed E-state index contributed by atoms with van der Waals surface area (Å²) >= 11 is 0. The predicted molar refractivity (Wildman–Crippen MR) is 277 cm³/mol. The molecule has 6 heterocycles. The quantitative estimate of drug-likeness (QED) is 0.0463. The number of nitrogens with one attached hydrogen (secondary N) is 5. The molecule has 4 aliphatic heterocycles. The molecule has 0 aliphatic carbocycles. The van der Waals surface area contributed by atoms with E-state index < -0.39 is 64.3 Å². The van der Waals surface area contributed by atoms with Gasteiger partial charge in [-0.1, -0.05) is 31.7 Å². The minimum atomic E-state index is -5.01. The first-order chi connectivity index (χ1) is 36.8. The van der Waals surface area contributed by atoms with Gasteiger partial charge in [-0.15, -0.1) is 0 Å². The third-order valence-electron chi connectivity index (χ3n) is 14.6. The Kier molecular flexibility index (Phi) is 17.3. The van der Waals surface area contributed by atoms with E-state index >= 15 is 4.39 Å². The molecule has 77 heavy (non-hydrogen) atoms. The lowest BCUT2D eigenvalue weighted by atomic mass is 10.0. The number of aromatic amines is 1. The average Bonchev–Trinajstić information content (AvgIpc) is 3.70. The van der Waals surface area contributed by atoms with Crippen molar-refractivity contribution in [1.29, 1.82) is 0 Å². The molecule has 1 unspecified atom stereocenters. The topological polar surface area (TPSA) is 242 Å². The lowest BCUT2D eigenvalue weighted by molar-refractivity contribution is -0.138. The Morgan fingerprint density at radius 1 is 0.792 bits per heavy atom. The molecule has 7 amide bonds. The number of nitrogens with zero attached hydrogens (tertiary/aromatic N) is 7. The highest BCUT2D eigenvalue weighted by Crippen LogP contribution is 2.38. The van der Waals surface area contributed by atoms with E-state index in [1.807, 2.05) is 30.7 Å². The first-order valence-corrected chi connectivity index (χ1v) is 25.9. The Morgan fingerprint density at radius 3 is 2.14 bits per heavy atom. The van der Waals surface area contributed by atoms with Crippen LogP contribution in [-0.4, -0.2) is 149 Å². The molecular formula is C53H62F4N12O8. The van der Waals surface area contributed by atoms with E-state index in [1.165, 1.54) is 24.5 Å². The minimum absolute atomic E-state index is 0.0142. The Balaban J connectivity index is 0.747. The van der Waals surface area contributed by atoms with Crippen molar-refractivity contribution in [1.82, 2.24) is 40.3 Å². The number of rotatable bonds is 19. The van der Waals surface area contributed by atoms with Gasteiger partial charge in [0, 0.05) is 125 Å². The fourth-order valence-corrected chi connectivity index (χ4v) is 10.1. The Labute approximate surface area is 441 Å². The average molecular weight is 1070 g/mol. The number of piperazine rings is 2. The maximum Gasteiger partial charge on any atom is 0.417 e. The van der Waals surface area contributed by atoms with E-state index in [0.29, 0.717) is 76.3 Å². The van der Waals surface area contributed by atoms with Gasteiger partial charge in [0.15, 0.2) is 0 Å². The highest BCUT2D eigenvalue weighted by Gasteiger charge is 2.46. The van der Waals surface area contributed by atoms with E-state index in [4.69, 9.17) is 0 Å². The maximum atomic E-state index is 16.1. The van der Waals surface area contributed by atoms with Crippen LogP contribution in [0.15, 0.2) is 59.8 Å². The van der Waals surface area contributed by atoms with Gasteiger partial charge in [-0.2, -0.15) is 13.2 Å². The van der Waals surface area contributed by atoms with Gasteiger partial charge in [0.2, 0.25) is 35.1 Å². The summed E-state index contributed by atoms with van der Waals surface area (Å²) in [5.41, 5.74) is -1.76. The molecule has 24 heteroatoms. The van der Waals surface area contributed by atoms with Crippen molar-refractivity contribution in [3.63, 3.8) is 0 Å². The monoisotopic (exact) mass is 1070 g/mol. The minimum Gasteiger partial charge on any atom is -0.384 e. The summed E-state index contributed by atoms with van der Waals surface area (Å²) in [6, 6.07) is 6.86. The van der Waals surface area contributed by atoms with Crippen LogP contribution in [0.2, 0.25) is 0 Å². The van der Waals surface area contributed by atoms with Crippen LogP contribution in [0.3, 0.4) is 0 Å². The standard InChI is InChI=1S/C53H62F4N12O8/c1-31-29-68(30-32(2)65(31)3)42-25-38(54)35(23-40(42)63-48(74)36-28-60-45(72)24-37(36)53(55,56)57)33-26-61-52(62-27-33)67-21-19-66(20-22-67)46(73)16-15-43(70)59-18-9-7-5-4-6-8-17-58-39-12-10-11-34-47(39)51(77)69(50(34)76)41-13-14-44(71)64-49(41)75/h10-12,23-28,31-32,41,58H,4-9,13-22,29-30H2,1-3H3,(H,59,70)(H,60,72)(H,63,74)(H,64,71,75)/t31-,32+,41?. The van der Waals surface area contributed by atoms with Gasteiger partial charge in [0.25, 0.3) is 17.7 Å². The molecule has 0 radical (unpaired) electrons. The second kappa shape index (κ2) is 24.1. The van der Waals surface area contributed by atoms with Crippen molar-refractivity contribution in [3.8, 4) is 11.1 Å². The van der Waals surface area contributed by atoms with Crippen molar-refractivity contribution in [2.24, 2.45) is 0 Å². The van der Waals surface area contributed by atoms with E-state index in [0.717, 1.165) is 43.4 Å². The SMILES string of the molecule is C[C@@H]1CN(c2cc(F)c(-c3cnc(N4CCN(C(=O)CCC(=O)NCCCCCCCCNc5cccc6c5C(=O)N(C5CCC(=O)NC5=O)C6=O)CC4)nc3)cc2NC(=O)c2c[nH]c(=O)cc2C(F)(F)F)C[C@H](C)N1C. The molecule has 0 spiro atoms. The predicted octanol–water partition coefficient (Wildman–Crippen LogP) is 5.17. The number of hydrogen-bond donors (Lipinski definition) is 5. The van der Waals surface area contributed by atoms with Gasteiger partial charge in [-0.25, -0.2) is 14.4 Å². The molecule has 3 atom stereocenters. The van der Waals surface area contributed by atoms with Gasteiger partial charge in [-0.05, 0) is 64.4 Å². The van der Waals surface area contributed by atoms with E-state index in [1.54, 1.807) is 23.1 Å².